The molecular formula is C16H25FN2O. The minimum atomic E-state index is -0.266. The first-order valence-electron chi connectivity index (χ1n) is 7.10. The molecule has 0 saturated heterocycles. The molecule has 1 rings (SSSR count). The minimum Gasteiger partial charge on any atom is -0.348 e. The first-order chi connectivity index (χ1) is 9.34. The van der Waals surface area contributed by atoms with Crippen molar-refractivity contribution < 1.29 is 9.18 Å². The number of carbonyl (C=O) groups excluding carboxylic acids is 1. The highest BCUT2D eigenvalue weighted by Gasteiger charge is 2.27. The standard InChI is InChI=1S/C16H25FN2O/c1-5-10-18-11-14(20)19-15(16(2,3)4)12-6-8-13(17)9-7-12/h6-9,15,18H,5,10-11H2,1-4H3,(H,19,20). The average Bonchev–Trinajstić information content (AvgIpc) is 2.36. The van der Waals surface area contributed by atoms with E-state index in [2.05, 4.69) is 38.3 Å². The van der Waals surface area contributed by atoms with Crippen molar-refractivity contribution in [3.8, 4) is 0 Å². The second-order valence-corrected chi connectivity index (χ2v) is 6.09. The maximum Gasteiger partial charge on any atom is 0.234 e. The van der Waals surface area contributed by atoms with Crippen molar-refractivity contribution >= 4 is 5.91 Å². The monoisotopic (exact) mass is 280 g/mol. The second-order valence-electron chi connectivity index (χ2n) is 6.09. The minimum absolute atomic E-state index is 0.0392. The van der Waals surface area contributed by atoms with Gasteiger partial charge < -0.3 is 10.6 Å². The van der Waals surface area contributed by atoms with E-state index in [4.69, 9.17) is 0 Å². The molecule has 3 nitrogen and oxygen atoms in total. The average molecular weight is 280 g/mol. The summed E-state index contributed by atoms with van der Waals surface area (Å²) in [5.74, 6) is -0.306. The van der Waals surface area contributed by atoms with E-state index in [1.54, 1.807) is 12.1 Å². The summed E-state index contributed by atoms with van der Waals surface area (Å²) in [7, 11) is 0. The molecule has 1 amide bonds. The Balaban J connectivity index is 2.76. The highest BCUT2D eigenvalue weighted by atomic mass is 19.1. The molecule has 1 aromatic carbocycles. The van der Waals surface area contributed by atoms with Gasteiger partial charge >= 0.3 is 0 Å². The van der Waals surface area contributed by atoms with E-state index >= 15 is 0 Å². The molecule has 0 aromatic heterocycles. The largest absolute Gasteiger partial charge is 0.348 e. The van der Waals surface area contributed by atoms with Crippen LogP contribution in [0.4, 0.5) is 4.39 Å². The highest BCUT2D eigenvalue weighted by Crippen LogP contribution is 2.32. The fourth-order valence-corrected chi connectivity index (χ4v) is 2.05. The summed E-state index contributed by atoms with van der Waals surface area (Å²) in [6, 6.07) is 6.17. The molecule has 0 aliphatic rings. The van der Waals surface area contributed by atoms with Gasteiger partial charge in [0.05, 0.1) is 12.6 Å². The molecule has 0 aliphatic heterocycles. The van der Waals surface area contributed by atoms with Gasteiger partial charge in [-0.15, -0.1) is 0 Å². The van der Waals surface area contributed by atoms with Crippen molar-refractivity contribution in [2.45, 2.75) is 40.2 Å². The summed E-state index contributed by atoms with van der Waals surface area (Å²) in [6.45, 7) is 9.36. The van der Waals surface area contributed by atoms with Crippen molar-refractivity contribution in [2.24, 2.45) is 5.41 Å². The van der Waals surface area contributed by atoms with Gasteiger partial charge in [-0.2, -0.15) is 0 Å². The lowest BCUT2D eigenvalue weighted by Gasteiger charge is -2.32. The van der Waals surface area contributed by atoms with Gasteiger partial charge in [-0.25, -0.2) is 4.39 Å². The van der Waals surface area contributed by atoms with Crippen LogP contribution >= 0.6 is 0 Å². The number of amides is 1. The zero-order valence-corrected chi connectivity index (χ0v) is 12.8. The van der Waals surface area contributed by atoms with E-state index in [-0.39, 0.29) is 23.2 Å². The van der Waals surface area contributed by atoms with Gasteiger partial charge in [-0.1, -0.05) is 39.8 Å². The fraction of sp³-hybridized carbons (Fsp3) is 0.562. The normalized spacial score (nSPS) is 13.1. The molecule has 112 valence electrons. The molecule has 20 heavy (non-hydrogen) atoms. The molecule has 0 fully saturated rings. The third-order valence-electron chi connectivity index (χ3n) is 3.09. The number of halogens is 1. The molecule has 0 saturated carbocycles. The highest BCUT2D eigenvalue weighted by molar-refractivity contribution is 5.78. The third-order valence-corrected chi connectivity index (χ3v) is 3.09. The molecule has 1 unspecified atom stereocenters. The lowest BCUT2D eigenvalue weighted by Crippen LogP contribution is -2.41. The topological polar surface area (TPSA) is 41.1 Å². The fourth-order valence-electron chi connectivity index (χ4n) is 2.05. The van der Waals surface area contributed by atoms with Crippen LogP contribution in [-0.4, -0.2) is 19.0 Å². The van der Waals surface area contributed by atoms with Crippen LogP contribution in [0.1, 0.15) is 45.7 Å². The Morgan fingerprint density at radius 1 is 1.25 bits per heavy atom. The zero-order valence-electron chi connectivity index (χ0n) is 12.8. The lowest BCUT2D eigenvalue weighted by atomic mass is 9.82. The SMILES string of the molecule is CCCNCC(=O)NC(c1ccc(F)cc1)C(C)(C)C. The first kappa shape index (κ1) is 16.6. The number of benzene rings is 1. The van der Waals surface area contributed by atoms with Crippen molar-refractivity contribution in [1.29, 1.82) is 0 Å². The van der Waals surface area contributed by atoms with E-state index in [1.807, 2.05) is 0 Å². The predicted octanol–water partition coefficient (Wildman–Crippen LogP) is 3.03. The van der Waals surface area contributed by atoms with E-state index in [1.165, 1.54) is 12.1 Å². The zero-order chi connectivity index (χ0) is 15.2. The second kappa shape index (κ2) is 7.39. The smallest absolute Gasteiger partial charge is 0.234 e. The lowest BCUT2D eigenvalue weighted by molar-refractivity contribution is -0.121. The summed E-state index contributed by atoms with van der Waals surface area (Å²) in [4.78, 5) is 12.0. The maximum atomic E-state index is 13.0. The van der Waals surface area contributed by atoms with Gasteiger partial charge in [0.25, 0.3) is 0 Å². The Morgan fingerprint density at radius 2 is 1.85 bits per heavy atom. The quantitative estimate of drug-likeness (QED) is 0.786. The number of hydrogen-bond donors (Lipinski definition) is 2. The molecule has 0 bridgehead atoms. The van der Waals surface area contributed by atoms with Crippen LogP contribution in [0.15, 0.2) is 24.3 Å². The molecule has 2 N–H and O–H groups in total. The van der Waals surface area contributed by atoms with Gasteiger partial charge in [0.2, 0.25) is 5.91 Å². The van der Waals surface area contributed by atoms with Gasteiger partial charge in [0.15, 0.2) is 0 Å². The van der Waals surface area contributed by atoms with Crippen molar-refractivity contribution in [3.63, 3.8) is 0 Å². The summed E-state index contributed by atoms with van der Waals surface area (Å²) in [6.07, 6.45) is 0.994. The number of rotatable bonds is 6. The summed E-state index contributed by atoms with van der Waals surface area (Å²) in [5.41, 5.74) is 0.779. The van der Waals surface area contributed by atoms with E-state index < -0.39 is 0 Å². The van der Waals surface area contributed by atoms with Crippen LogP contribution in [0, 0.1) is 11.2 Å². The van der Waals surface area contributed by atoms with Crippen molar-refractivity contribution in [3.05, 3.63) is 35.6 Å². The first-order valence-corrected chi connectivity index (χ1v) is 7.10. The third kappa shape index (κ3) is 5.29. The van der Waals surface area contributed by atoms with Crippen molar-refractivity contribution in [1.82, 2.24) is 10.6 Å². The van der Waals surface area contributed by atoms with E-state index in [9.17, 15) is 9.18 Å². The van der Waals surface area contributed by atoms with Crippen LogP contribution in [0.5, 0.6) is 0 Å². The summed E-state index contributed by atoms with van der Waals surface area (Å²) >= 11 is 0. The van der Waals surface area contributed by atoms with E-state index in [0.717, 1.165) is 18.5 Å². The molecular weight excluding hydrogens is 255 g/mol. The molecule has 0 aliphatic carbocycles. The Bertz CT molecular complexity index is 423. The predicted molar refractivity (Wildman–Crippen MR) is 79.9 cm³/mol. The Kier molecular flexibility index (Phi) is 6.14. The molecule has 0 radical (unpaired) electrons. The summed E-state index contributed by atoms with van der Waals surface area (Å²) < 4.78 is 13.0. The van der Waals surface area contributed by atoms with Gasteiger partial charge in [-0.05, 0) is 36.1 Å². The van der Waals surface area contributed by atoms with E-state index in [0.29, 0.717) is 6.54 Å². The van der Waals surface area contributed by atoms with Gasteiger partial charge in [0.1, 0.15) is 5.82 Å². The number of nitrogens with one attached hydrogen (secondary N) is 2. The van der Waals surface area contributed by atoms with Crippen LogP contribution in [0.25, 0.3) is 0 Å². The van der Waals surface area contributed by atoms with Crippen molar-refractivity contribution in [2.75, 3.05) is 13.1 Å². The van der Waals surface area contributed by atoms with Crippen LogP contribution in [-0.2, 0) is 4.79 Å². The van der Waals surface area contributed by atoms with Crippen LogP contribution in [0.2, 0.25) is 0 Å². The Hall–Kier alpha value is -1.42. The Labute approximate surface area is 121 Å². The Morgan fingerprint density at radius 3 is 2.35 bits per heavy atom. The molecule has 0 heterocycles. The molecule has 4 heteroatoms. The molecule has 1 atom stereocenters. The van der Waals surface area contributed by atoms with Crippen LogP contribution < -0.4 is 10.6 Å². The maximum absolute atomic E-state index is 13.0. The van der Waals surface area contributed by atoms with Crippen LogP contribution in [0.3, 0.4) is 0 Å². The van der Waals surface area contributed by atoms with Gasteiger partial charge in [0, 0.05) is 0 Å². The number of carbonyl (C=O) groups is 1. The molecule has 1 aromatic rings. The number of hydrogen-bond acceptors (Lipinski definition) is 2. The summed E-state index contributed by atoms with van der Waals surface area (Å²) in [5, 5.41) is 6.11. The van der Waals surface area contributed by atoms with Gasteiger partial charge in [-0.3, -0.25) is 4.79 Å². The molecule has 0 spiro atoms.